The lowest BCUT2D eigenvalue weighted by atomic mass is 10.1. The number of amides is 2. The second-order valence-electron chi connectivity index (χ2n) is 6.65. The number of rotatable bonds is 6. The van der Waals surface area contributed by atoms with Crippen molar-refractivity contribution in [2.75, 3.05) is 33.4 Å². The normalized spacial score (nSPS) is 17.0. The monoisotopic (exact) mass is 372 g/mol. The van der Waals surface area contributed by atoms with E-state index in [-0.39, 0.29) is 30.0 Å². The predicted molar refractivity (Wildman–Crippen MR) is 97.1 cm³/mol. The molecule has 0 bridgehead atoms. The minimum Gasteiger partial charge on any atom is -0.377 e. The van der Waals surface area contributed by atoms with Gasteiger partial charge < -0.3 is 19.1 Å². The highest BCUT2D eigenvalue weighted by atomic mass is 16.5. The Hall–Kier alpha value is -2.74. The molecule has 1 fully saturated rings. The predicted octanol–water partition coefficient (Wildman–Crippen LogP) is 1.31. The lowest BCUT2D eigenvalue weighted by molar-refractivity contribution is -0.132. The molecule has 0 N–H and O–H groups in total. The Labute approximate surface area is 158 Å². The molecule has 2 amide bonds. The summed E-state index contributed by atoms with van der Waals surface area (Å²) in [4.78, 5) is 32.9. The number of hydrogen-bond donors (Lipinski definition) is 0. The summed E-state index contributed by atoms with van der Waals surface area (Å²) in [5, 5.41) is 3.77. The lowest BCUT2D eigenvalue weighted by Crippen LogP contribution is -2.50. The highest BCUT2D eigenvalue weighted by Crippen LogP contribution is 2.16. The smallest absolute Gasteiger partial charge is 0.292 e. The minimum absolute atomic E-state index is 0.0343. The first-order valence-corrected chi connectivity index (χ1v) is 9.00. The van der Waals surface area contributed by atoms with Crippen LogP contribution in [0, 0.1) is 6.92 Å². The minimum atomic E-state index is -0.318. The molecule has 1 atom stereocenters. The van der Waals surface area contributed by atoms with Gasteiger partial charge in [0.2, 0.25) is 11.7 Å². The van der Waals surface area contributed by atoms with Gasteiger partial charge in [0.1, 0.15) is 0 Å². The molecule has 8 nitrogen and oxygen atoms in total. The summed E-state index contributed by atoms with van der Waals surface area (Å²) in [6.07, 6.45) is 2.63. The van der Waals surface area contributed by atoms with Crippen LogP contribution in [0.15, 0.2) is 35.0 Å². The van der Waals surface area contributed by atoms with Gasteiger partial charge in [0.05, 0.1) is 24.9 Å². The number of likely N-dealkylation sites (N-methyl/N-ethyl adjacent to an activating group) is 1. The summed E-state index contributed by atoms with van der Waals surface area (Å²) in [6.45, 7) is 3.53. The second-order valence-corrected chi connectivity index (χ2v) is 6.65. The molecule has 1 unspecified atom stereocenters. The maximum Gasteiger partial charge on any atom is 0.292 e. The van der Waals surface area contributed by atoms with Gasteiger partial charge in [-0.1, -0.05) is 11.2 Å². The lowest BCUT2D eigenvalue weighted by Gasteiger charge is -2.35. The van der Waals surface area contributed by atoms with Crippen LogP contribution in [0.2, 0.25) is 0 Å². The van der Waals surface area contributed by atoms with Crippen molar-refractivity contribution in [2.24, 2.45) is 0 Å². The van der Waals surface area contributed by atoms with Gasteiger partial charge in [-0.15, -0.1) is 0 Å². The maximum atomic E-state index is 12.7. The van der Waals surface area contributed by atoms with Crippen LogP contribution in [-0.4, -0.2) is 71.1 Å². The number of carbonyl (C=O) groups excluding carboxylic acids is 2. The largest absolute Gasteiger partial charge is 0.377 e. The van der Waals surface area contributed by atoms with E-state index in [0.29, 0.717) is 38.4 Å². The van der Waals surface area contributed by atoms with E-state index in [9.17, 15) is 9.59 Å². The molecule has 0 aliphatic carbocycles. The van der Waals surface area contributed by atoms with E-state index in [1.54, 1.807) is 36.0 Å². The Balaban J connectivity index is 1.58. The molecule has 8 heteroatoms. The van der Waals surface area contributed by atoms with Crippen molar-refractivity contribution in [1.29, 1.82) is 0 Å². The van der Waals surface area contributed by atoms with Crippen molar-refractivity contribution >= 4 is 11.8 Å². The van der Waals surface area contributed by atoms with Crippen LogP contribution in [0.4, 0.5) is 0 Å². The Morgan fingerprint density at radius 2 is 2.22 bits per heavy atom. The molecular weight excluding hydrogens is 348 g/mol. The van der Waals surface area contributed by atoms with Gasteiger partial charge in [0, 0.05) is 50.9 Å². The van der Waals surface area contributed by atoms with E-state index in [2.05, 4.69) is 10.1 Å². The molecule has 0 spiro atoms. The van der Waals surface area contributed by atoms with Gasteiger partial charge >= 0.3 is 0 Å². The van der Waals surface area contributed by atoms with Crippen molar-refractivity contribution in [3.63, 3.8) is 0 Å². The van der Waals surface area contributed by atoms with Crippen molar-refractivity contribution in [2.45, 2.75) is 25.8 Å². The summed E-state index contributed by atoms with van der Waals surface area (Å²) in [6, 6.07) is 7.02. The van der Waals surface area contributed by atoms with Crippen LogP contribution in [0.3, 0.4) is 0 Å². The summed E-state index contributed by atoms with van der Waals surface area (Å²) < 4.78 is 10.6. The van der Waals surface area contributed by atoms with Crippen LogP contribution in [-0.2, 0) is 16.0 Å². The summed E-state index contributed by atoms with van der Waals surface area (Å²) >= 11 is 0. The summed E-state index contributed by atoms with van der Waals surface area (Å²) in [5.74, 6) is -0.101. The van der Waals surface area contributed by atoms with Crippen LogP contribution in [0.25, 0.3) is 0 Å². The van der Waals surface area contributed by atoms with Gasteiger partial charge in [0.25, 0.3) is 5.91 Å². The molecule has 0 aromatic carbocycles. The topological polar surface area (TPSA) is 88.8 Å². The van der Waals surface area contributed by atoms with E-state index in [1.807, 2.05) is 18.2 Å². The number of morpholine rings is 1. The standard InChI is InChI=1S/C19H24N4O4/c1-14-11-17(27-21-14)19(25)23-9-10-26-13-16(23)12-18(24)22(2)8-6-15-5-3-4-7-20-15/h3-5,7,11,16H,6,8-10,12-13H2,1-2H3. The molecule has 1 saturated heterocycles. The average Bonchev–Trinajstić information content (AvgIpc) is 3.13. The van der Waals surface area contributed by atoms with Crippen molar-refractivity contribution in [3.8, 4) is 0 Å². The van der Waals surface area contributed by atoms with Crippen LogP contribution in [0.1, 0.15) is 28.4 Å². The molecule has 3 heterocycles. The Kier molecular flexibility index (Phi) is 6.18. The third-order valence-electron chi connectivity index (χ3n) is 4.59. The van der Waals surface area contributed by atoms with Crippen LogP contribution >= 0.6 is 0 Å². The number of ether oxygens (including phenoxy) is 1. The van der Waals surface area contributed by atoms with Crippen LogP contribution in [0.5, 0.6) is 0 Å². The molecule has 27 heavy (non-hydrogen) atoms. The maximum absolute atomic E-state index is 12.7. The second kappa shape index (κ2) is 8.77. The number of hydrogen-bond acceptors (Lipinski definition) is 6. The summed E-state index contributed by atoms with van der Waals surface area (Å²) in [5.41, 5.74) is 1.59. The average molecular weight is 372 g/mol. The van der Waals surface area contributed by atoms with Crippen molar-refractivity contribution in [1.82, 2.24) is 19.9 Å². The molecular formula is C19H24N4O4. The Bertz CT molecular complexity index is 777. The zero-order chi connectivity index (χ0) is 19.2. The first kappa shape index (κ1) is 19.0. The molecule has 3 rings (SSSR count). The third-order valence-corrected chi connectivity index (χ3v) is 4.59. The Morgan fingerprint density at radius 3 is 2.93 bits per heavy atom. The molecule has 2 aromatic heterocycles. The molecule has 0 saturated carbocycles. The highest BCUT2D eigenvalue weighted by molar-refractivity contribution is 5.92. The number of carbonyl (C=O) groups is 2. The van der Waals surface area contributed by atoms with E-state index < -0.39 is 0 Å². The van der Waals surface area contributed by atoms with Gasteiger partial charge in [0.15, 0.2) is 0 Å². The van der Waals surface area contributed by atoms with Gasteiger partial charge in [-0.2, -0.15) is 0 Å². The SMILES string of the molecule is Cc1cc(C(=O)N2CCOCC2CC(=O)N(C)CCc2ccccn2)on1. The number of nitrogens with zero attached hydrogens (tertiary/aromatic N) is 4. The first-order chi connectivity index (χ1) is 13.0. The molecule has 2 aromatic rings. The van der Waals surface area contributed by atoms with E-state index >= 15 is 0 Å². The number of aromatic nitrogens is 2. The molecule has 0 radical (unpaired) electrons. The summed E-state index contributed by atoms with van der Waals surface area (Å²) in [7, 11) is 1.76. The highest BCUT2D eigenvalue weighted by Gasteiger charge is 2.32. The fourth-order valence-electron chi connectivity index (χ4n) is 3.01. The zero-order valence-electron chi connectivity index (χ0n) is 15.6. The van der Waals surface area contributed by atoms with Crippen LogP contribution < -0.4 is 0 Å². The van der Waals surface area contributed by atoms with Gasteiger partial charge in [-0.3, -0.25) is 14.6 Å². The van der Waals surface area contributed by atoms with Crippen molar-refractivity contribution in [3.05, 3.63) is 47.6 Å². The van der Waals surface area contributed by atoms with Gasteiger partial charge in [-0.05, 0) is 19.1 Å². The molecule has 144 valence electrons. The fraction of sp³-hybridized carbons (Fsp3) is 0.474. The number of pyridine rings is 1. The van der Waals surface area contributed by atoms with Gasteiger partial charge in [-0.25, -0.2) is 0 Å². The van der Waals surface area contributed by atoms with E-state index in [1.165, 1.54) is 0 Å². The van der Waals surface area contributed by atoms with E-state index in [4.69, 9.17) is 9.26 Å². The van der Waals surface area contributed by atoms with Crippen molar-refractivity contribution < 1.29 is 18.8 Å². The molecule has 1 aliphatic rings. The zero-order valence-corrected chi connectivity index (χ0v) is 15.6. The third kappa shape index (κ3) is 4.91. The number of aryl methyl sites for hydroxylation is 1. The Morgan fingerprint density at radius 1 is 1.37 bits per heavy atom. The van der Waals surface area contributed by atoms with E-state index in [0.717, 1.165) is 5.69 Å². The first-order valence-electron chi connectivity index (χ1n) is 9.00. The fourth-order valence-corrected chi connectivity index (χ4v) is 3.01. The quantitative estimate of drug-likeness (QED) is 0.760. The molecule has 1 aliphatic heterocycles.